The van der Waals surface area contributed by atoms with Crippen LogP contribution in [0.1, 0.15) is 11.4 Å². The van der Waals surface area contributed by atoms with Gasteiger partial charge in [0, 0.05) is 18.5 Å². The summed E-state index contributed by atoms with van der Waals surface area (Å²) in [5, 5.41) is 0. The first-order valence-electron chi connectivity index (χ1n) is 6.46. The lowest BCUT2D eigenvalue weighted by Gasteiger charge is -2.09. The van der Waals surface area contributed by atoms with E-state index >= 15 is 0 Å². The highest BCUT2D eigenvalue weighted by Gasteiger charge is 2.15. The summed E-state index contributed by atoms with van der Waals surface area (Å²) in [6.07, 6.45) is 2.37. The van der Waals surface area contributed by atoms with Crippen molar-refractivity contribution in [2.75, 3.05) is 5.88 Å². The molecule has 0 radical (unpaired) electrons. The molecule has 0 aliphatic rings. The Morgan fingerprint density at radius 3 is 2.86 bits per heavy atom. The third-order valence-electron chi connectivity index (χ3n) is 3.30. The average Bonchev–Trinajstić information content (AvgIpc) is 2.82. The first-order valence-corrected chi connectivity index (χ1v) is 7.79. The number of alkyl halides is 1. The predicted molar refractivity (Wildman–Crippen MR) is 85.7 cm³/mol. The quantitative estimate of drug-likeness (QED) is 0.641. The van der Waals surface area contributed by atoms with E-state index in [1.807, 2.05) is 17.6 Å². The van der Waals surface area contributed by atoms with Crippen LogP contribution in [0.15, 0.2) is 34.9 Å². The van der Waals surface area contributed by atoms with Gasteiger partial charge in [0.1, 0.15) is 17.2 Å². The van der Waals surface area contributed by atoms with Gasteiger partial charge in [-0.2, -0.15) is 0 Å². The van der Waals surface area contributed by atoms with E-state index in [1.54, 1.807) is 18.3 Å². The van der Waals surface area contributed by atoms with Crippen LogP contribution in [0.5, 0.6) is 0 Å². The lowest BCUT2D eigenvalue weighted by Crippen LogP contribution is -2.03. The molecule has 0 aliphatic carbocycles. The Bertz CT molecular complexity index is 816. The molecule has 108 valence electrons. The maximum atomic E-state index is 13.5. The number of aryl methyl sites for hydroxylation is 2. The zero-order valence-corrected chi connectivity index (χ0v) is 13.6. The fourth-order valence-corrected chi connectivity index (χ4v) is 2.82. The fraction of sp³-hybridized carbons (Fsp3) is 0.200. The van der Waals surface area contributed by atoms with Gasteiger partial charge in [-0.15, -0.1) is 11.6 Å². The Morgan fingerprint density at radius 2 is 2.14 bits per heavy atom. The smallest absolute Gasteiger partial charge is 0.164 e. The molecule has 0 bridgehead atoms. The Balaban J connectivity index is 2.30. The number of pyridine rings is 1. The monoisotopic (exact) mass is 367 g/mol. The normalized spacial score (nSPS) is 11.2. The number of hydrogen-bond donors (Lipinski definition) is 0. The number of rotatable bonds is 3. The molecule has 3 nitrogen and oxygen atoms in total. The van der Waals surface area contributed by atoms with Gasteiger partial charge >= 0.3 is 0 Å². The fourth-order valence-electron chi connectivity index (χ4n) is 2.29. The van der Waals surface area contributed by atoms with Gasteiger partial charge < -0.3 is 0 Å². The van der Waals surface area contributed by atoms with Crippen LogP contribution in [0, 0.1) is 12.7 Å². The molecule has 0 spiro atoms. The number of fused-ring (bicyclic) bond motifs is 1. The van der Waals surface area contributed by atoms with E-state index in [1.165, 1.54) is 6.07 Å². The standard InChI is InChI=1S/C15H12BrClFN3/c1-9-5-7-19-15-14(9)20-13(4-6-17)21(15)10-2-3-12(18)11(16)8-10/h2-3,5,7-8H,4,6H2,1H3. The molecular weight excluding hydrogens is 357 g/mol. The van der Waals surface area contributed by atoms with Crippen LogP contribution in [0.25, 0.3) is 16.9 Å². The van der Waals surface area contributed by atoms with Crippen molar-refractivity contribution in [1.82, 2.24) is 14.5 Å². The van der Waals surface area contributed by atoms with Gasteiger partial charge in [0.25, 0.3) is 0 Å². The van der Waals surface area contributed by atoms with E-state index in [-0.39, 0.29) is 5.82 Å². The molecule has 2 heterocycles. The van der Waals surface area contributed by atoms with E-state index in [0.717, 1.165) is 28.2 Å². The molecule has 0 unspecified atom stereocenters. The van der Waals surface area contributed by atoms with Crippen molar-refractivity contribution in [3.8, 4) is 5.69 Å². The highest BCUT2D eigenvalue weighted by molar-refractivity contribution is 9.10. The molecule has 0 N–H and O–H groups in total. The van der Waals surface area contributed by atoms with Crippen LogP contribution >= 0.6 is 27.5 Å². The Labute approximate surface area is 134 Å². The summed E-state index contributed by atoms with van der Waals surface area (Å²) in [6, 6.07) is 6.78. The molecule has 3 rings (SSSR count). The van der Waals surface area contributed by atoms with Crippen molar-refractivity contribution in [2.45, 2.75) is 13.3 Å². The number of benzene rings is 1. The second-order valence-electron chi connectivity index (χ2n) is 4.70. The summed E-state index contributed by atoms with van der Waals surface area (Å²) >= 11 is 9.09. The van der Waals surface area contributed by atoms with Crippen LogP contribution in [0.3, 0.4) is 0 Å². The van der Waals surface area contributed by atoms with E-state index in [4.69, 9.17) is 11.6 Å². The largest absolute Gasteiger partial charge is 0.281 e. The Hall–Kier alpha value is -1.46. The van der Waals surface area contributed by atoms with Crippen molar-refractivity contribution in [3.05, 3.63) is 52.1 Å². The maximum absolute atomic E-state index is 13.5. The molecule has 3 aromatic rings. The second kappa shape index (κ2) is 5.73. The second-order valence-corrected chi connectivity index (χ2v) is 5.93. The Kier molecular flexibility index (Phi) is 3.95. The molecule has 0 saturated heterocycles. The van der Waals surface area contributed by atoms with Crippen LogP contribution in [0.4, 0.5) is 4.39 Å². The zero-order chi connectivity index (χ0) is 15.0. The molecule has 0 saturated carbocycles. The van der Waals surface area contributed by atoms with Crippen LogP contribution in [-0.2, 0) is 6.42 Å². The molecule has 0 atom stereocenters. The number of aromatic nitrogens is 3. The van der Waals surface area contributed by atoms with Gasteiger partial charge in [0.05, 0.1) is 10.2 Å². The average molecular weight is 369 g/mol. The lowest BCUT2D eigenvalue weighted by atomic mass is 10.2. The third-order valence-corrected chi connectivity index (χ3v) is 4.09. The summed E-state index contributed by atoms with van der Waals surface area (Å²) in [6.45, 7) is 1.99. The van der Waals surface area contributed by atoms with Gasteiger partial charge in [-0.05, 0) is 52.7 Å². The third kappa shape index (κ3) is 2.56. The summed E-state index contributed by atoms with van der Waals surface area (Å²) in [5.41, 5.74) is 3.46. The molecule has 0 fully saturated rings. The van der Waals surface area contributed by atoms with Crippen molar-refractivity contribution >= 4 is 38.7 Å². The van der Waals surface area contributed by atoms with Gasteiger partial charge in [0.2, 0.25) is 0 Å². The first-order chi connectivity index (χ1) is 10.1. The van der Waals surface area contributed by atoms with E-state index in [9.17, 15) is 4.39 Å². The van der Waals surface area contributed by atoms with Gasteiger partial charge in [-0.25, -0.2) is 14.4 Å². The van der Waals surface area contributed by atoms with Crippen LogP contribution in [0.2, 0.25) is 0 Å². The topological polar surface area (TPSA) is 30.7 Å². The highest BCUT2D eigenvalue weighted by Crippen LogP contribution is 2.25. The van der Waals surface area contributed by atoms with E-state index in [2.05, 4.69) is 25.9 Å². The van der Waals surface area contributed by atoms with Crippen molar-refractivity contribution in [3.63, 3.8) is 0 Å². The highest BCUT2D eigenvalue weighted by atomic mass is 79.9. The summed E-state index contributed by atoms with van der Waals surface area (Å²) in [7, 11) is 0. The van der Waals surface area contributed by atoms with E-state index < -0.39 is 0 Å². The predicted octanol–water partition coefficient (Wildman–Crippen LogP) is 4.41. The molecular formula is C15H12BrClFN3. The lowest BCUT2D eigenvalue weighted by molar-refractivity contribution is 0.620. The summed E-state index contributed by atoms with van der Waals surface area (Å²) in [4.78, 5) is 9.06. The van der Waals surface area contributed by atoms with Gasteiger partial charge in [0.15, 0.2) is 5.65 Å². The summed E-state index contributed by atoms with van der Waals surface area (Å²) < 4.78 is 15.8. The molecule has 2 aromatic heterocycles. The van der Waals surface area contributed by atoms with Crippen LogP contribution in [-0.4, -0.2) is 20.4 Å². The molecule has 21 heavy (non-hydrogen) atoms. The van der Waals surface area contributed by atoms with Crippen molar-refractivity contribution < 1.29 is 4.39 Å². The minimum atomic E-state index is -0.300. The molecule has 6 heteroatoms. The number of hydrogen-bond acceptors (Lipinski definition) is 2. The maximum Gasteiger partial charge on any atom is 0.164 e. The molecule has 1 aromatic carbocycles. The zero-order valence-electron chi connectivity index (χ0n) is 11.3. The SMILES string of the molecule is Cc1ccnc2c1nc(CCCl)n2-c1ccc(F)c(Br)c1. The Morgan fingerprint density at radius 1 is 1.33 bits per heavy atom. The van der Waals surface area contributed by atoms with E-state index in [0.29, 0.717) is 16.8 Å². The number of halogens is 3. The number of nitrogens with zero attached hydrogens (tertiary/aromatic N) is 3. The van der Waals surface area contributed by atoms with Crippen molar-refractivity contribution in [1.29, 1.82) is 0 Å². The minimum absolute atomic E-state index is 0.300. The van der Waals surface area contributed by atoms with Gasteiger partial charge in [-0.3, -0.25) is 4.57 Å². The van der Waals surface area contributed by atoms with Gasteiger partial charge in [-0.1, -0.05) is 0 Å². The van der Waals surface area contributed by atoms with Crippen LogP contribution < -0.4 is 0 Å². The summed E-state index contributed by atoms with van der Waals surface area (Å²) in [5.74, 6) is 0.983. The molecule has 0 amide bonds. The van der Waals surface area contributed by atoms with Crippen molar-refractivity contribution in [2.24, 2.45) is 0 Å². The molecule has 0 aliphatic heterocycles. The minimum Gasteiger partial charge on any atom is -0.281 e. The number of imidazole rings is 1. The first kappa shape index (κ1) is 14.5.